The van der Waals surface area contributed by atoms with Crippen LogP contribution in [0.4, 0.5) is 0 Å². The number of nitrogens with two attached hydrogens (primary N) is 1. The number of nitrogens with zero attached hydrogens (tertiary/aromatic N) is 1. The van der Waals surface area contributed by atoms with Gasteiger partial charge in [-0.3, -0.25) is 9.89 Å². The third kappa shape index (κ3) is 1.00. The molecule has 0 bridgehead atoms. The van der Waals surface area contributed by atoms with E-state index in [0.717, 1.165) is 18.4 Å². The summed E-state index contributed by atoms with van der Waals surface area (Å²) in [6.45, 7) is 0. The van der Waals surface area contributed by atoms with Gasteiger partial charge in [0.05, 0.1) is 6.20 Å². The summed E-state index contributed by atoms with van der Waals surface area (Å²) in [5.74, 6) is 0.112. The van der Waals surface area contributed by atoms with Crippen molar-refractivity contribution < 1.29 is 4.79 Å². The molecule has 1 heterocycles. The molecule has 1 aromatic rings. The van der Waals surface area contributed by atoms with E-state index in [2.05, 4.69) is 10.2 Å². The molecule has 1 aliphatic rings. The fraction of sp³-hybridized carbons (Fsp3) is 0.429. The summed E-state index contributed by atoms with van der Waals surface area (Å²) in [7, 11) is 0. The molecule has 3 N–H and O–H groups in total. The molecular formula is C7H9N3O. The van der Waals surface area contributed by atoms with Crippen LogP contribution in [0.3, 0.4) is 0 Å². The van der Waals surface area contributed by atoms with Crippen molar-refractivity contribution in [1.29, 1.82) is 0 Å². The molecule has 0 unspecified atom stereocenters. The highest BCUT2D eigenvalue weighted by molar-refractivity contribution is 5.92. The van der Waals surface area contributed by atoms with Gasteiger partial charge in [0, 0.05) is 5.56 Å². The highest BCUT2D eigenvalue weighted by Crippen LogP contribution is 2.40. The average molecular weight is 151 g/mol. The SMILES string of the molecule is NC(=O)c1[nH]ncc1C1CC1. The van der Waals surface area contributed by atoms with Crippen LogP contribution in [0, 0.1) is 0 Å². The Morgan fingerprint density at radius 2 is 2.45 bits per heavy atom. The Labute approximate surface area is 63.8 Å². The van der Waals surface area contributed by atoms with E-state index in [1.54, 1.807) is 6.20 Å². The van der Waals surface area contributed by atoms with Crippen LogP contribution in [0.15, 0.2) is 6.20 Å². The molecule has 4 heteroatoms. The Balaban J connectivity index is 2.37. The number of carbonyl (C=O) groups is 1. The van der Waals surface area contributed by atoms with Crippen LogP contribution in [-0.2, 0) is 0 Å². The van der Waals surface area contributed by atoms with E-state index in [1.165, 1.54) is 0 Å². The molecule has 0 aliphatic heterocycles. The molecule has 0 radical (unpaired) electrons. The fourth-order valence-electron chi connectivity index (χ4n) is 1.20. The second kappa shape index (κ2) is 2.08. The minimum absolute atomic E-state index is 0.413. The summed E-state index contributed by atoms with van der Waals surface area (Å²) in [4.78, 5) is 10.8. The number of carbonyl (C=O) groups excluding carboxylic acids is 1. The summed E-state index contributed by atoms with van der Waals surface area (Å²) in [5, 5.41) is 6.38. The molecule has 1 amide bonds. The number of aromatic nitrogens is 2. The van der Waals surface area contributed by atoms with Gasteiger partial charge in [-0.15, -0.1) is 0 Å². The molecule has 0 saturated heterocycles. The maximum Gasteiger partial charge on any atom is 0.267 e. The van der Waals surface area contributed by atoms with Gasteiger partial charge in [-0.1, -0.05) is 0 Å². The lowest BCUT2D eigenvalue weighted by atomic mass is 10.1. The molecular weight excluding hydrogens is 142 g/mol. The van der Waals surface area contributed by atoms with Crippen molar-refractivity contribution in [3.8, 4) is 0 Å². The molecule has 4 nitrogen and oxygen atoms in total. The van der Waals surface area contributed by atoms with Gasteiger partial charge in [0.15, 0.2) is 0 Å². The van der Waals surface area contributed by atoms with E-state index in [9.17, 15) is 4.79 Å². The number of hydrogen-bond acceptors (Lipinski definition) is 2. The van der Waals surface area contributed by atoms with E-state index >= 15 is 0 Å². The Bertz CT molecular complexity index is 288. The zero-order valence-electron chi connectivity index (χ0n) is 6.00. The van der Waals surface area contributed by atoms with Crippen LogP contribution < -0.4 is 5.73 Å². The van der Waals surface area contributed by atoms with Crippen LogP contribution in [-0.4, -0.2) is 16.1 Å². The Kier molecular flexibility index (Phi) is 1.21. The molecule has 58 valence electrons. The lowest BCUT2D eigenvalue weighted by Crippen LogP contribution is -2.13. The summed E-state index contributed by atoms with van der Waals surface area (Å²) in [6, 6.07) is 0. The smallest absolute Gasteiger partial charge is 0.267 e. The zero-order valence-corrected chi connectivity index (χ0v) is 6.00. The Hall–Kier alpha value is -1.32. The largest absolute Gasteiger partial charge is 0.364 e. The molecule has 0 atom stereocenters. The second-order valence-corrected chi connectivity index (χ2v) is 2.84. The summed E-state index contributed by atoms with van der Waals surface area (Å²) < 4.78 is 0. The molecule has 11 heavy (non-hydrogen) atoms. The first-order chi connectivity index (χ1) is 5.29. The first kappa shape index (κ1) is 6.39. The van der Waals surface area contributed by atoms with Gasteiger partial charge in [-0.2, -0.15) is 5.10 Å². The Morgan fingerprint density at radius 1 is 1.73 bits per heavy atom. The van der Waals surface area contributed by atoms with Crippen LogP contribution in [0.2, 0.25) is 0 Å². The maximum absolute atomic E-state index is 10.8. The van der Waals surface area contributed by atoms with Crippen LogP contribution in [0.1, 0.15) is 34.8 Å². The molecule has 0 aromatic carbocycles. The number of hydrogen-bond donors (Lipinski definition) is 2. The molecule has 2 rings (SSSR count). The van der Waals surface area contributed by atoms with Crippen LogP contribution in [0.25, 0.3) is 0 Å². The minimum Gasteiger partial charge on any atom is -0.364 e. The number of rotatable bonds is 2. The van der Waals surface area contributed by atoms with Gasteiger partial charge in [-0.25, -0.2) is 0 Å². The van der Waals surface area contributed by atoms with Crippen molar-refractivity contribution >= 4 is 5.91 Å². The maximum atomic E-state index is 10.8. The lowest BCUT2D eigenvalue weighted by molar-refractivity contribution is 0.0994. The average Bonchev–Trinajstić information content (AvgIpc) is 2.68. The second-order valence-electron chi connectivity index (χ2n) is 2.84. The van der Waals surface area contributed by atoms with Crippen molar-refractivity contribution in [3.63, 3.8) is 0 Å². The van der Waals surface area contributed by atoms with E-state index in [4.69, 9.17) is 5.73 Å². The van der Waals surface area contributed by atoms with E-state index in [1.807, 2.05) is 0 Å². The molecule has 1 aromatic heterocycles. The number of amides is 1. The Morgan fingerprint density at radius 3 is 3.00 bits per heavy atom. The van der Waals surface area contributed by atoms with E-state index < -0.39 is 5.91 Å². The molecule has 1 fully saturated rings. The quantitative estimate of drug-likeness (QED) is 0.641. The minimum atomic E-state index is -0.413. The third-order valence-corrected chi connectivity index (χ3v) is 1.93. The van der Waals surface area contributed by atoms with Crippen molar-refractivity contribution in [3.05, 3.63) is 17.5 Å². The standard InChI is InChI=1S/C7H9N3O/c8-7(11)6-5(3-9-10-6)4-1-2-4/h3-4H,1-2H2,(H2,8,11)(H,9,10). The molecule has 1 aliphatic carbocycles. The zero-order chi connectivity index (χ0) is 7.84. The van der Waals surface area contributed by atoms with Gasteiger partial charge in [0.2, 0.25) is 0 Å². The summed E-state index contributed by atoms with van der Waals surface area (Å²) in [5.41, 5.74) is 6.58. The molecule has 1 saturated carbocycles. The first-order valence-electron chi connectivity index (χ1n) is 3.62. The highest BCUT2D eigenvalue weighted by Gasteiger charge is 2.28. The number of nitrogens with one attached hydrogen (secondary N) is 1. The number of aromatic amines is 1. The topological polar surface area (TPSA) is 71.8 Å². The van der Waals surface area contributed by atoms with Crippen molar-refractivity contribution in [2.75, 3.05) is 0 Å². The fourth-order valence-corrected chi connectivity index (χ4v) is 1.20. The van der Waals surface area contributed by atoms with E-state index in [0.29, 0.717) is 11.6 Å². The van der Waals surface area contributed by atoms with E-state index in [-0.39, 0.29) is 0 Å². The summed E-state index contributed by atoms with van der Waals surface area (Å²) in [6.07, 6.45) is 4.00. The van der Waals surface area contributed by atoms with Gasteiger partial charge in [0.25, 0.3) is 5.91 Å². The monoisotopic (exact) mass is 151 g/mol. The van der Waals surface area contributed by atoms with Gasteiger partial charge in [0.1, 0.15) is 5.69 Å². The van der Waals surface area contributed by atoms with Gasteiger partial charge in [-0.05, 0) is 18.8 Å². The number of primary amides is 1. The third-order valence-electron chi connectivity index (χ3n) is 1.93. The van der Waals surface area contributed by atoms with Crippen molar-refractivity contribution in [1.82, 2.24) is 10.2 Å². The predicted octanol–water partition coefficient (Wildman–Crippen LogP) is 0.386. The van der Waals surface area contributed by atoms with Gasteiger partial charge >= 0.3 is 0 Å². The molecule has 0 spiro atoms. The summed E-state index contributed by atoms with van der Waals surface area (Å²) >= 11 is 0. The lowest BCUT2D eigenvalue weighted by Gasteiger charge is -1.93. The highest BCUT2D eigenvalue weighted by atomic mass is 16.1. The van der Waals surface area contributed by atoms with Crippen molar-refractivity contribution in [2.45, 2.75) is 18.8 Å². The number of H-pyrrole nitrogens is 1. The van der Waals surface area contributed by atoms with Crippen LogP contribution >= 0.6 is 0 Å². The normalized spacial score (nSPS) is 16.7. The first-order valence-corrected chi connectivity index (χ1v) is 3.62. The van der Waals surface area contributed by atoms with Crippen molar-refractivity contribution in [2.24, 2.45) is 5.73 Å². The van der Waals surface area contributed by atoms with Gasteiger partial charge < -0.3 is 5.73 Å². The van der Waals surface area contributed by atoms with Crippen LogP contribution in [0.5, 0.6) is 0 Å². The predicted molar refractivity (Wildman–Crippen MR) is 39.1 cm³/mol.